The van der Waals surface area contributed by atoms with Crippen LogP contribution in [0, 0.1) is 12.8 Å². The molecule has 0 amide bonds. The maximum atomic E-state index is 10.8. The van der Waals surface area contributed by atoms with Gasteiger partial charge in [0.15, 0.2) is 0 Å². The summed E-state index contributed by atoms with van der Waals surface area (Å²) in [5, 5.41) is 4.08. The predicted molar refractivity (Wildman–Crippen MR) is 93.8 cm³/mol. The van der Waals surface area contributed by atoms with Crippen molar-refractivity contribution in [2.75, 3.05) is 0 Å². The Morgan fingerprint density at radius 2 is 1.88 bits per heavy atom. The van der Waals surface area contributed by atoms with E-state index in [-0.39, 0.29) is 0 Å². The Bertz CT molecular complexity index is 848. The number of hydrogen-bond acceptors (Lipinski definition) is 4. The molecule has 2 aromatic carbocycles. The smallest absolute Gasteiger partial charge is 0.258 e. The van der Waals surface area contributed by atoms with Crippen LogP contribution in [-0.2, 0) is 6.42 Å². The second-order valence-corrected chi connectivity index (χ2v) is 6.41. The van der Waals surface area contributed by atoms with Gasteiger partial charge in [-0.25, -0.2) is 0 Å². The number of aryl methyl sites for hydroxylation is 1. The zero-order chi connectivity index (χ0) is 17.1. The van der Waals surface area contributed by atoms with Gasteiger partial charge in [0.2, 0.25) is 5.82 Å². The molecule has 24 heavy (non-hydrogen) atoms. The average Bonchev–Trinajstić information content (AvgIpc) is 3.04. The second-order valence-electron chi connectivity index (χ2n) is 6.41. The van der Waals surface area contributed by atoms with E-state index < -0.39 is 0 Å². The number of carbonyl (C=O) groups is 1. The van der Waals surface area contributed by atoms with E-state index >= 15 is 0 Å². The molecule has 122 valence electrons. The van der Waals surface area contributed by atoms with Crippen LogP contribution < -0.4 is 0 Å². The summed E-state index contributed by atoms with van der Waals surface area (Å²) in [5.41, 5.74) is 4.66. The Kier molecular flexibility index (Phi) is 4.56. The number of aromatic nitrogens is 2. The van der Waals surface area contributed by atoms with Crippen LogP contribution in [-0.4, -0.2) is 16.4 Å². The summed E-state index contributed by atoms with van der Waals surface area (Å²) in [6, 6.07) is 13.6. The van der Waals surface area contributed by atoms with Crippen LogP contribution in [0.25, 0.3) is 22.8 Å². The lowest BCUT2D eigenvalue weighted by molar-refractivity contribution is 0.112. The number of aldehydes is 1. The van der Waals surface area contributed by atoms with Gasteiger partial charge in [0.25, 0.3) is 5.89 Å². The highest BCUT2D eigenvalue weighted by atomic mass is 16.5. The van der Waals surface area contributed by atoms with Crippen LogP contribution >= 0.6 is 0 Å². The van der Waals surface area contributed by atoms with E-state index in [4.69, 9.17) is 4.52 Å². The van der Waals surface area contributed by atoms with Gasteiger partial charge >= 0.3 is 0 Å². The quantitative estimate of drug-likeness (QED) is 0.638. The van der Waals surface area contributed by atoms with Gasteiger partial charge in [0.05, 0.1) is 0 Å². The third kappa shape index (κ3) is 3.43. The van der Waals surface area contributed by atoms with Gasteiger partial charge in [-0.2, -0.15) is 4.98 Å². The summed E-state index contributed by atoms with van der Waals surface area (Å²) in [7, 11) is 0. The van der Waals surface area contributed by atoms with Crippen molar-refractivity contribution in [1.82, 2.24) is 10.1 Å². The van der Waals surface area contributed by atoms with Crippen LogP contribution in [0.1, 0.15) is 35.3 Å². The van der Waals surface area contributed by atoms with Crippen molar-refractivity contribution in [1.29, 1.82) is 0 Å². The lowest BCUT2D eigenvalue weighted by Crippen LogP contribution is -1.93. The molecule has 3 rings (SSSR count). The monoisotopic (exact) mass is 320 g/mol. The molecule has 0 unspecified atom stereocenters. The third-order valence-corrected chi connectivity index (χ3v) is 3.90. The molecule has 0 radical (unpaired) electrons. The fraction of sp³-hybridized carbons (Fsp3) is 0.250. The Balaban J connectivity index is 1.86. The fourth-order valence-corrected chi connectivity index (χ4v) is 2.72. The molecule has 1 heterocycles. The predicted octanol–water partition coefficient (Wildman–Crippen LogP) is 4.72. The van der Waals surface area contributed by atoms with Crippen LogP contribution in [0.2, 0.25) is 0 Å². The number of benzene rings is 2. The largest absolute Gasteiger partial charge is 0.334 e. The summed E-state index contributed by atoms with van der Waals surface area (Å²) >= 11 is 0. The molecule has 0 atom stereocenters. The molecule has 0 N–H and O–H groups in total. The first kappa shape index (κ1) is 16.1. The second kappa shape index (κ2) is 6.79. The summed E-state index contributed by atoms with van der Waals surface area (Å²) < 4.78 is 5.41. The SMILES string of the molecule is Cc1cc(C=O)ccc1-c1noc(-c2ccc(CC(C)C)cc2)n1. The molecule has 0 saturated heterocycles. The molecular formula is C20H20N2O2. The van der Waals surface area contributed by atoms with Gasteiger partial charge < -0.3 is 4.52 Å². The van der Waals surface area contributed by atoms with Gasteiger partial charge in [-0.15, -0.1) is 0 Å². The first-order valence-electron chi connectivity index (χ1n) is 8.06. The summed E-state index contributed by atoms with van der Waals surface area (Å²) in [6.45, 7) is 6.34. The van der Waals surface area contributed by atoms with Crippen molar-refractivity contribution < 1.29 is 9.32 Å². The molecule has 0 aliphatic carbocycles. The van der Waals surface area contributed by atoms with Gasteiger partial charge in [-0.05, 0) is 48.6 Å². The topological polar surface area (TPSA) is 56.0 Å². The zero-order valence-electron chi connectivity index (χ0n) is 14.1. The first-order valence-corrected chi connectivity index (χ1v) is 8.06. The maximum Gasteiger partial charge on any atom is 0.258 e. The van der Waals surface area contributed by atoms with E-state index in [9.17, 15) is 4.79 Å². The Hall–Kier alpha value is -2.75. The van der Waals surface area contributed by atoms with Crippen LogP contribution in [0.5, 0.6) is 0 Å². The van der Waals surface area contributed by atoms with E-state index in [0.29, 0.717) is 23.2 Å². The Labute approximate surface area is 141 Å². The summed E-state index contributed by atoms with van der Waals surface area (Å²) in [6.07, 6.45) is 1.88. The van der Waals surface area contributed by atoms with E-state index in [1.54, 1.807) is 6.07 Å². The van der Waals surface area contributed by atoms with E-state index in [1.165, 1.54) is 5.56 Å². The third-order valence-electron chi connectivity index (χ3n) is 3.90. The fourth-order valence-electron chi connectivity index (χ4n) is 2.72. The lowest BCUT2D eigenvalue weighted by atomic mass is 10.0. The minimum absolute atomic E-state index is 0.500. The molecule has 0 aliphatic heterocycles. The van der Waals surface area contributed by atoms with E-state index in [2.05, 4.69) is 36.1 Å². The summed E-state index contributed by atoms with van der Waals surface area (Å²) in [4.78, 5) is 15.3. The lowest BCUT2D eigenvalue weighted by Gasteiger charge is -2.04. The van der Waals surface area contributed by atoms with Gasteiger partial charge in [0.1, 0.15) is 6.29 Å². The molecule has 0 saturated carbocycles. The normalized spacial score (nSPS) is 11.0. The van der Waals surface area contributed by atoms with Crippen molar-refractivity contribution in [3.63, 3.8) is 0 Å². The van der Waals surface area contributed by atoms with Crippen molar-refractivity contribution in [2.45, 2.75) is 27.2 Å². The number of hydrogen-bond donors (Lipinski definition) is 0. The highest BCUT2D eigenvalue weighted by Crippen LogP contribution is 2.25. The van der Waals surface area contributed by atoms with Crippen molar-refractivity contribution in [3.05, 3.63) is 59.2 Å². The first-order chi connectivity index (χ1) is 11.6. The minimum Gasteiger partial charge on any atom is -0.334 e. The highest BCUT2D eigenvalue weighted by molar-refractivity contribution is 5.77. The van der Waals surface area contributed by atoms with Gasteiger partial charge in [-0.1, -0.05) is 43.3 Å². The Morgan fingerprint density at radius 1 is 1.12 bits per heavy atom. The van der Waals surface area contributed by atoms with Gasteiger partial charge in [-0.3, -0.25) is 4.79 Å². The standard InChI is InChI=1S/C20H20N2O2/c1-13(2)10-15-4-7-17(8-5-15)20-21-19(22-24-20)18-9-6-16(12-23)11-14(18)3/h4-9,11-13H,10H2,1-3H3. The number of nitrogens with zero attached hydrogens (tertiary/aromatic N) is 2. The highest BCUT2D eigenvalue weighted by Gasteiger charge is 2.13. The average molecular weight is 320 g/mol. The molecule has 0 aliphatic rings. The maximum absolute atomic E-state index is 10.8. The molecule has 0 spiro atoms. The van der Waals surface area contributed by atoms with Crippen molar-refractivity contribution in [2.24, 2.45) is 5.92 Å². The molecule has 0 fully saturated rings. The van der Waals surface area contributed by atoms with Gasteiger partial charge in [0, 0.05) is 16.7 Å². The van der Waals surface area contributed by atoms with Crippen molar-refractivity contribution in [3.8, 4) is 22.8 Å². The Morgan fingerprint density at radius 3 is 2.50 bits per heavy atom. The summed E-state index contributed by atoms with van der Waals surface area (Å²) in [5.74, 6) is 1.66. The molecule has 3 aromatic rings. The molecule has 1 aromatic heterocycles. The molecular weight excluding hydrogens is 300 g/mol. The number of rotatable bonds is 5. The molecule has 4 nitrogen and oxygen atoms in total. The zero-order valence-corrected chi connectivity index (χ0v) is 14.1. The van der Waals surface area contributed by atoms with Crippen LogP contribution in [0.15, 0.2) is 47.0 Å². The minimum atomic E-state index is 0.500. The number of carbonyl (C=O) groups excluding carboxylic acids is 1. The molecule has 4 heteroatoms. The van der Waals surface area contributed by atoms with Crippen molar-refractivity contribution >= 4 is 6.29 Å². The van der Waals surface area contributed by atoms with Crippen LogP contribution in [0.4, 0.5) is 0 Å². The van der Waals surface area contributed by atoms with E-state index in [0.717, 1.165) is 29.4 Å². The van der Waals surface area contributed by atoms with Crippen LogP contribution in [0.3, 0.4) is 0 Å². The molecule has 0 bridgehead atoms. The van der Waals surface area contributed by atoms with E-state index in [1.807, 2.05) is 31.2 Å².